The Hall–Kier alpha value is -13.3. The van der Waals surface area contributed by atoms with Gasteiger partial charge in [0.2, 0.25) is 0 Å². The van der Waals surface area contributed by atoms with Crippen LogP contribution in [0.4, 0.5) is 91.0 Å². The minimum absolute atomic E-state index is 0.644. The molecule has 100 heavy (non-hydrogen) atoms. The van der Waals surface area contributed by atoms with Gasteiger partial charge < -0.3 is 31.1 Å². The summed E-state index contributed by atoms with van der Waals surface area (Å²) in [6.07, 6.45) is 3.58. The van der Waals surface area contributed by atoms with Gasteiger partial charge in [0.05, 0.1) is 45.5 Å². The molecule has 0 aliphatic rings. The summed E-state index contributed by atoms with van der Waals surface area (Å²) in [7, 11) is 0. The fourth-order valence-corrected chi connectivity index (χ4v) is 14.1. The van der Waals surface area contributed by atoms with Crippen molar-refractivity contribution < 1.29 is 0 Å². The van der Waals surface area contributed by atoms with Gasteiger partial charge in [0.15, 0.2) is 0 Å². The molecule has 16 aromatic rings. The van der Waals surface area contributed by atoms with Crippen molar-refractivity contribution in [3.05, 3.63) is 352 Å². The molecular formula is C92H70N8. The molecule has 0 fully saturated rings. The second-order valence-corrected chi connectivity index (χ2v) is 24.8. The van der Waals surface area contributed by atoms with Crippen molar-refractivity contribution in [3.8, 4) is 33.4 Å². The van der Waals surface area contributed by atoms with Crippen LogP contribution in [0.5, 0.6) is 0 Å². The monoisotopic (exact) mass is 1290 g/mol. The highest BCUT2D eigenvalue weighted by Gasteiger charge is 2.23. The Morgan fingerprint density at radius 3 is 0.680 bits per heavy atom. The van der Waals surface area contributed by atoms with E-state index in [4.69, 9.17) is 11.5 Å². The fraction of sp³-hybridized carbons (Fsp3) is 0.0217. The number of nitrogens with zero attached hydrogens (tertiary/aromatic N) is 6. The van der Waals surface area contributed by atoms with E-state index >= 15 is 0 Å². The summed E-state index contributed by atoms with van der Waals surface area (Å²) in [5.74, 6) is 0. The highest BCUT2D eigenvalue weighted by molar-refractivity contribution is 6.04. The minimum Gasteiger partial charge on any atom is -0.397 e. The molecular weight excluding hydrogens is 1220 g/mol. The third kappa shape index (κ3) is 11.8. The van der Waals surface area contributed by atoms with E-state index in [1.807, 2.05) is 38.1 Å². The van der Waals surface area contributed by atoms with Gasteiger partial charge in [-0.3, -0.25) is 9.98 Å². The largest absolute Gasteiger partial charge is 0.397 e. The molecule has 8 nitrogen and oxygen atoms in total. The van der Waals surface area contributed by atoms with Crippen molar-refractivity contribution in [2.45, 2.75) is 13.8 Å². The maximum absolute atomic E-state index is 6.48. The van der Waals surface area contributed by atoms with Crippen LogP contribution in [0.15, 0.2) is 362 Å². The van der Waals surface area contributed by atoms with Crippen molar-refractivity contribution in [3.63, 3.8) is 0 Å². The number of anilines is 14. The summed E-state index contributed by atoms with van der Waals surface area (Å²) in [4.78, 5) is 18.8. The lowest BCUT2D eigenvalue weighted by atomic mass is 10.0. The molecule has 0 atom stereocenters. The Balaban J connectivity index is 0.742. The lowest BCUT2D eigenvalue weighted by Gasteiger charge is -2.30. The molecule has 16 rings (SSSR count). The van der Waals surface area contributed by atoms with Crippen LogP contribution in [0.25, 0.3) is 76.5 Å². The molecule has 0 unspecified atom stereocenters. The Kier molecular flexibility index (Phi) is 16.7. The molecule has 0 saturated carbocycles. The zero-order chi connectivity index (χ0) is 67.5. The first-order valence-electron chi connectivity index (χ1n) is 33.8. The topological polar surface area (TPSA) is 89.7 Å². The summed E-state index contributed by atoms with van der Waals surface area (Å²) in [6.45, 7) is 3.83. The van der Waals surface area contributed by atoms with E-state index in [1.54, 1.807) is 12.4 Å². The lowest BCUT2D eigenvalue weighted by Crippen LogP contribution is -2.13. The number of nitrogens with two attached hydrogens (primary N) is 2. The van der Waals surface area contributed by atoms with E-state index in [-0.39, 0.29) is 0 Å². The highest BCUT2D eigenvalue weighted by atomic mass is 15.2. The maximum atomic E-state index is 6.48. The van der Waals surface area contributed by atoms with Crippen LogP contribution < -0.4 is 31.1 Å². The number of hydrogen-bond acceptors (Lipinski definition) is 8. The van der Waals surface area contributed by atoms with Gasteiger partial charge in [0.1, 0.15) is 0 Å². The number of aliphatic imine (C=N–C) groups is 2. The summed E-state index contributed by atoms with van der Waals surface area (Å²) < 4.78 is 0. The highest BCUT2D eigenvalue weighted by Crippen LogP contribution is 2.48. The Morgan fingerprint density at radius 1 is 0.220 bits per heavy atom. The van der Waals surface area contributed by atoms with E-state index in [1.165, 1.54) is 21.5 Å². The molecule has 8 heteroatoms. The predicted octanol–water partition coefficient (Wildman–Crippen LogP) is 25.8. The third-order valence-corrected chi connectivity index (χ3v) is 18.9. The van der Waals surface area contributed by atoms with Crippen molar-refractivity contribution in [1.29, 1.82) is 0 Å². The van der Waals surface area contributed by atoms with E-state index in [0.29, 0.717) is 11.4 Å². The average Bonchev–Trinajstić information content (AvgIpc) is 0.779. The molecule has 0 aromatic heterocycles. The minimum atomic E-state index is 0.644. The summed E-state index contributed by atoms with van der Waals surface area (Å²) in [5, 5.41) is 9.29. The van der Waals surface area contributed by atoms with Crippen LogP contribution in [-0.4, -0.2) is 12.4 Å². The van der Waals surface area contributed by atoms with E-state index in [0.717, 1.165) is 135 Å². The van der Waals surface area contributed by atoms with E-state index in [2.05, 4.69) is 357 Å². The van der Waals surface area contributed by atoms with Crippen molar-refractivity contribution in [2.75, 3.05) is 31.1 Å². The first kappa shape index (κ1) is 61.6. The smallest absolute Gasteiger partial charge is 0.0933 e. The molecule has 0 heterocycles. The molecule has 0 bridgehead atoms. The van der Waals surface area contributed by atoms with Gasteiger partial charge in [-0.25, -0.2) is 0 Å². The van der Waals surface area contributed by atoms with Crippen LogP contribution in [0.2, 0.25) is 0 Å². The van der Waals surface area contributed by atoms with E-state index < -0.39 is 0 Å². The third-order valence-electron chi connectivity index (χ3n) is 18.9. The number of rotatable bonds is 17. The molecule has 0 aliphatic carbocycles. The second-order valence-electron chi connectivity index (χ2n) is 24.8. The summed E-state index contributed by atoms with van der Waals surface area (Å²) in [5.41, 5.74) is 34.6. The zero-order valence-electron chi connectivity index (χ0n) is 55.5. The van der Waals surface area contributed by atoms with Crippen molar-refractivity contribution in [2.24, 2.45) is 9.98 Å². The van der Waals surface area contributed by atoms with Gasteiger partial charge in [0.25, 0.3) is 0 Å². The lowest BCUT2D eigenvalue weighted by molar-refractivity contribution is 1.27. The predicted molar refractivity (Wildman–Crippen MR) is 428 cm³/mol. The quantitative estimate of drug-likeness (QED) is 0.0697. The van der Waals surface area contributed by atoms with E-state index in [9.17, 15) is 0 Å². The number of nitrogen functional groups attached to an aromatic ring is 2. The SMILES string of the molecule is CC=Nc1c(N)cccc1-c1ccc(N(c2ccc(N(c3ccc(-c4ccc(N(c5ccc(N(c6ccc(-c7cccc(N)c7N=CC)cc6)c6cccc7ccccc67)cc5)c5cccc6ccccc56)cc4)cc3)c3cccc4ccccc34)cc2)c2cccc3ccccc23)cc1. The molecule has 0 radical (unpaired) electrons. The van der Waals surface area contributed by atoms with Crippen LogP contribution in [0.1, 0.15) is 13.8 Å². The normalized spacial score (nSPS) is 11.5. The number of hydrogen-bond donors (Lipinski definition) is 2. The molecule has 4 N–H and O–H groups in total. The van der Waals surface area contributed by atoms with Gasteiger partial charge >= 0.3 is 0 Å². The molecule has 0 amide bonds. The van der Waals surface area contributed by atoms with Gasteiger partial charge in [-0.1, -0.05) is 218 Å². The number of benzene rings is 16. The molecule has 16 aromatic carbocycles. The Labute approximate surface area is 583 Å². The Morgan fingerprint density at radius 2 is 0.430 bits per heavy atom. The zero-order valence-corrected chi connectivity index (χ0v) is 55.5. The van der Waals surface area contributed by atoms with Gasteiger partial charge in [0, 0.05) is 90.6 Å². The van der Waals surface area contributed by atoms with Crippen LogP contribution >= 0.6 is 0 Å². The van der Waals surface area contributed by atoms with Crippen LogP contribution in [-0.2, 0) is 0 Å². The fourth-order valence-electron chi connectivity index (χ4n) is 14.1. The maximum Gasteiger partial charge on any atom is 0.0933 e. The molecule has 0 spiro atoms. The first-order chi connectivity index (χ1) is 49.3. The number of fused-ring (bicyclic) bond motifs is 4. The van der Waals surface area contributed by atoms with Crippen molar-refractivity contribution >= 4 is 147 Å². The van der Waals surface area contributed by atoms with Crippen molar-refractivity contribution in [1.82, 2.24) is 0 Å². The van der Waals surface area contributed by atoms with Gasteiger partial charge in [-0.2, -0.15) is 0 Å². The first-order valence-corrected chi connectivity index (χ1v) is 33.8. The average molecular weight is 1290 g/mol. The van der Waals surface area contributed by atoms with Gasteiger partial charge in [-0.15, -0.1) is 0 Å². The summed E-state index contributed by atoms with van der Waals surface area (Å²) in [6, 6.07) is 126. The standard InChI is InChI=1S/C92H70N8/c1-3-95-91-83(31-17-33-85(91)93)69-43-51-73(52-44-69)99(89-37-15-25-67-21-7-11-29-81(67)89)77-59-55-75(56-60-77)97(87-35-13-23-65-19-5-9-27-79(65)87)71-47-39-63(40-48-71)64-41-49-72(50-42-64)98(88-36-14-24-66-20-6-10-28-80(66)88)76-57-61-78(62-58-76)100(90-38-16-26-68-22-8-12-30-82(68)90)74-53-45-70(46-54-74)84-32-18-34-86(94)92(84)96-4-2/h3-62H,93-94H2,1-2H3. The molecule has 0 aliphatic heterocycles. The second kappa shape index (κ2) is 27.1. The van der Waals surface area contributed by atoms with Crippen LogP contribution in [0, 0.1) is 0 Å². The van der Waals surface area contributed by atoms with Gasteiger partial charge in [-0.05, 0) is 191 Å². The molecule has 478 valence electrons. The summed E-state index contributed by atoms with van der Waals surface area (Å²) >= 11 is 0. The molecule has 0 saturated heterocycles. The van der Waals surface area contributed by atoms with Crippen LogP contribution in [0.3, 0.4) is 0 Å². The Bertz CT molecular complexity index is 5330. The number of para-hydroxylation sites is 2.